The van der Waals surface area contributed by atoms with Crippen molar-refractivity contribution in [3.05, 3.63) is 47.9 Å². The van der Waals surface area contributed by atoms with Crippen molar-refractivity contribution >= 4 is 11.6 Å². The lowest BCUT2D eigenvalue weighted by Crippen LogP contribution is -2.44. The molecule has 1 aromatic carbocycles. The van der Waals surface area contributed by atoms with E-state index in [1.807, 2.05) is 31.2 Å². The zero-order valence-corrected chi connectivity index (χ0v) is 11.2. The summed E-state index contributed by atoms with van der Waals surface area (Å²) in [5.41, 5.74) is 2.08. The molecule has 0 saturated carbocycles. The molecule has 0 bridgehead atoms. The molecule has 0 spiro atoms. The van der Waals surface area contributed by atoms with Crippen molar-refractivity contribution in [2.75, 3.05) is 11.9 Å². The highest BCUT2D eigenvalue weighted by atomic mass is 16.5. The fourth-order valence-electron chi connectivity index (χ4n) is 2.13. The Labute approximate surface area is 116 Å². The van der Waals surface area contributed by atoms with Crippen molar-refractivity contribution in [3.63, 3.8) is 0 Å². The number of ether oxygens (including phenoxy) is 1. The number of carbonyl (C=O) groups is 1. The van der Waals surface area contributed by atoms with Gasteiger partial charge in [0.05, 0.1) is 25.0 Å². The highest BCUT2D eigenvalue weighted by Gasteiger charge is 2.25. The Morgan fingerprint density at radius 2 is 2.35 bits per heavy atom. The molecule has 2 N–H and O–H groups in total. The molecule has 2 aromatic rings. The number of nitrogens with one attached hydrogen (secondary N) is 2. The van der Waals surface area contributed by atoms with E-state index in [2.05, 4.69) is 10.6 Å². The number of fused-ring (bicyclic) bond motifs is 1. The summed E-state index contributed by atoms with van der Waals surface area (Å²) >= 11 is 0. The van der Waals surface area contributed by atoms with E-state index in [0.29, 0.717) is 18.8 Å². The van der Waals surface area contributed by atoms with E-state index in [1.54, 1.807) is 12.3 Å². The van der Waals surface area contributed by atoms with E-state index in [0.717, 1.165) is 17.0 Å². The second kappa shape index (κ2) is 5.28. The van der Waals surface area contributed by atoms with Crippen LogP contribution in [0.25, 0.3) is 0 Å². The standard InChI is InChI=1S/C15H16N2O3/c1-10-4-5-13-12(7-10)16-9-14(20-13)15(18)17-8-11-3-2-6-19-11/h2-7,14,16H,8-9H2,1H3,(H,17,18). The fraction of sp³-hybridized carbons (Fsp3) is 0.267. The molecular formula is C15H16N2O3. The van der Waals surface area contributed by atoms with Gasteiger partial charge in [0, 0.05) is 0 Å². The zero-order valence-electron chi connectivity index (χ0n) is 11.2. The third-order valence-electron chi connectivity index (χ3n) is 3.19. The number of rotatable bonds is 3. The first-order valence-electron chi connectivity index (χ1n) is 6.53. The van der Waals surface area contributed by atoms with Gasteiger partial charge in [-0.3, -0.25) is 4.79 Å². The maximum atomic E-state index is 12.1. The Morgan fingerprint density at radius 3 is 3.15 bits per heavy atom. The largest absolute Gasteiger partial charge is 0.477 e. The minimum Gasteiger partial charge on any atom is -0.477 e. The molecule has 0 saturated heterocycles. The van der Waals surface area contributed by atoms with Crippen LogP contribution in [0.4, 0.5) is 5.69 Å². The van der Waals surface area contributed by atoms with Crippen molar-refractivity contribution in [3.8, 4) is 5.75 Å². The molecular weight excluding hydrogens is 256 g/mol. The lowest BCUT2D eigenvalue weighted by molar-refractivity contribution is -0.127. The molecule has 1 aromatic heterocycles. The van der Waals surface area contributed by atoms with Crippen LogP contribution in [0.5, 0.6) is 5.75 Å². The SMILES string of the molecule is Cc1ccc2c(c1)NCC(C(=O)NCc1ccco1)O2. The van der Waals surface area contributed by atoms with Crippen LogP contribution in [0.2, 0.25) is 0 Å². The van der Waals surface area contributed by atoms with Crippen LogP contribution in [0, 0.1) is 6.92 Å². The van der Waals surface area contributed by atoms with Crippen molar-refractivity contribution in [1.82, 2.24) is 5.32 Å². The first-order chi connectivity index (χ1) is 9.72. The zero-order chi connectivity index (χ0) is 13.9. The van der Waals surface area contributed by atoms with Crippen molar-refractivity contribution in [2.24, 2.45) is 0 Å². The number of furan rings is 1. The van der Waals surface area contributed by atoms with Gasteiger partial charge in [0.2, 0.25) is 0 Å². The van der Waals surface area contributed by atoms with Gasteiger partial charge in [-0.05, 0) is 36.8 Å². The molecule has 0 aliphatic carbocycles. The van der Waals surface area contributed by atoms with Gasteiger partial charge in [-0.25, -0.2) is 0 Å². The Bertz CT molecular complexity index is 608. The molecule has 104 valence electrons. The Balaban J connectivity index is 1.61. The lowest BCUT2D eigenvalue weighted by atomic mass is 10.1. The molecule has 1 aliphatic heterocycles. The molecule has 20 heavy (non-hydrogen) atoms. The number of aryl methyl sites for hydroxylation is 1. The summed E-state index contributed by atoms with van der Waals surface area (Å²) in [7, 11) is 0. The highest BCUT2D eigenvalue weighted by molar-refractivity contribution is 5.83. The van der Waals surface area contributed by atoms with Gasteiger partial charge in [-0.2, -0.15) is 0 Å². The summed E-state index contributed by atoms with van der Waals surface area (Å²) in [6.07, 6.45) is 1.05. The maximum Gasteiger partial charge on any atom is 0.263 e. The van der Waals surface area contributed by atoms with Gasteiger partial charge in [0.15, 0.2) is 6.10 Å². The van der Waals surface area contributed by atoms with Gasteiger partial charge < -0.3 is 19.8 Å². The molecule has 5 heteroatoms. The number of carbonyl (C=O) groups excluding carboxylic acids is 1. The fourth-order valence-corrected chi connectivity index (χ4v) is 2.13. The van der Waals surface area contributed by atoms with Crippen LogP contribution in [0.3, 0.4) is 0 Å². The number of hydrogen-bond acceptors (Lipinski definition) is 4. The van der Waals surface area contributed by atoms with Crippen molar-refractivity contribution < 1.29 is 13.9 Å². The van der Waals surface area contributed by atoms with Crippen LogP contribution in [0.1, 0.15) is 11.3 Å². The molecule has 1 atom stereocenters. The third kappa shape index (κ3) is 2.61. The third-order valence-corrected chi connectivity index (χ3v) is 3.19. The first-order valence-corrected chi connectivity index (χ1v) is 6.53. The minimum absolute atomic E-state index is 0.153. The van der Waals surface area contributed by atoms with Crippen LogP contribution in [-0.4, -0.2) is 18.6 Å². The van der Waals surface area contributed by atoms with Gasteiger partial charge >= 0.3 is 0 Å². The molecule has 2 heterocycles. The van der Waals surface area contributed by atoms with Crippen LogP contribution in [0.15, 0.2) is 41.0 Å². The monoisotopic (exact) mass is 272 g/mol. The van der Waals surface area contributed by atoms with Crippen LogP contribution in [-0.2, 0) is 11.3 Å². The summed E-state index contributed by atoms with van der Waals surface area (Å²) in [4.78, 5) is 12.1. The average Bonchev–Trinajstić information content (AvgIpc) is 2.97. The predicted octanol–water partition coefficient (Wildman–Crippen LogP) is 2.08. The normalized spacial score (nSPS) is 16.8. The van der Waals surface area contributed by atoms with E-state index >= 15 is 0 Å². The number of hydrogen-bond donors (Lipinski definition) is 2. The highest BCUT2D eigenvalue weighted by Crippen LogP contribution is 2.29. The van der Waals surface area contributed by atoms with Gasteiger partial charge in [-0.15, -0.1) is 0 Å². The number of anilines is 1. The smallest absolute Gasteiger partial charge is 0.263 e. The van der Waals surface area contributed by atoms with Crippen molar-refractivity contribution in [2.45, 2.75) is 19.6 Å². The van der Waals surface area contributed by atoms with Gasteiger partial charge in [0.1, 0.15) is 11.5 Å². The average molecular weight is 272 g/mol. The summed E-state index contributed by atoms with van der Waals surface area (Å²) in [5.74, 6) is 1.28. The molecule has 3 rings (SSSR count). The lowest BCUT2D eigenvalue weighted by Gasteiger charge is -2.26. The Morgan fingerprint density at radius 1 is 1.45 bits per heavy atom. The summed E-state index contributed by atoms with van der Waals surface area (Å²) in [5, 5.41) is 6.02. The van der Waals surface area contributed by atoms with Gasteiger partial charge in [-0.1, -0.05) is 6.07 Å². The van der Waals surface area contributed by atoms with E-state index < -0.39 is 6.10 Å². The molecule has 1 unspecified atom stereocenters. The van der Waals surface area contributed by atoms with Gasteiger partial charge in [0.25, 0.3) is 5.91 Å². The van der Waals surface area contributed by atoms with E-state index in [9.17, 15) is 4.79 Å². The molecule has 5 nitrogen and oxygen atoms in total. The Kier molecular flexibility index (Phi) is 3.33. The second-order valence-corrected chi connectivity index (χ2v) is 4.78. The molecule has 1 aliphatic rings. The summed E-state index contributed by atoms with van der Waals surface area (Å²) in [6.45, 7) is 2.84. The number of benzene rings is 1. The molecule has 0 fully saturated rings. The first kappa shape index (κ1) is 12.6. The second-order valence-electron chi connectivity index (χ2n) is 4.78. The quantitative estimate of drug-likeness (QED) is 0.898. The summed E-state index contributed by atoms with van der Waals surface area (Å²) < 4.78 is 10.9. The summed E-state index contributed by atoms with van der Waals surface area (Å²) in [6, 6.07) is 9.46. The maximum absolute atomic E-state index is 12.1. The Hall–Kier alpha value is -2.43. The van der Waals surface area contributed by atoms with E-state index in [-0.39, 0.29) is 5.91 Å². The number of amides is 1. The van der Waals surface area contributed by atoms with Crippen LogP contribution >= 0.6 is 0 Å². The van der Waals surface area contributed by atoms with Crippen LogP contribution < -0.4 is 15.4 Å². The topological polar surface area (TPSA) is 63.5 Å². The van der Waals surface area contributed by atoms with E-state index in [4.69, 9.17) is 9.15 Å². The molecule has 1 amide bonds. The van der Waals surface area contributed by atoms with E-state index in [1.165, 1.54) is 0 Å². The minimum atomic E-state index is -0.528. The predicted molar refractivity (Wildman–Crippen MR) is 74.6 cm³/mol. The molecule has 0 radical (unpaired) electrons. The van der Waals surface area contributed by atoms with Crippen molar-refractivity contribution in [1.29, 1.82) is 0 Å².